The summed E-state index contributed by atoms with van der Waals surface area (Å²) in [7, 11) is 0. The van der Waals surface area contributed by atoms with E-state index in [1.54, 1.807) is 0 Å². The van der Waals surface area contributed by atoms with Gasteiger partial charge in [-0.25, -0.2) is 0 Å². The van der Waals surface area contributed by atoms with Crippen LogP contribution in [0, 0.1) is 0 Å². The smallest absolute Gasteiger partial charge is 0.0462 e. The molecule has 0 spiro atoms. The fraction of sp³-hybridized carbons (Fsp3) is 0. The first kappa shape index (κ1) is 18.5. The van der Waals surface area contributed by atoms with Crippen molar-refractivity contribution in [1.29, 1.82) is 0 Å². The second-order valence-corrected chi connectivity index (χ2v) is 6.80. The van der Waals surface area contributed by atoms with E-state index in [4.69, 9.17) is 0 Å². The Labute approximate surface area is 172 Å². The predicted molar refractivity (Wildman–Crippen MR) is 127 cm³/mol. The van der Waals surface area contributed by atoms with Gasteiger partial charge >= 0.3 is 0 Å². The van der Waals surface area contributed by atoms with Crippen molar-refractivity contribution in [3.8, 4) is 0 Å². The number of para-hydroxylation sites is 2. The number of nitrogens with zero attached hydrogens (tertiary/aromatic N) is 1. The Balaban J connectivity index is 1.60. The van der Waals surface area contributed by atoms with E-state index < -0.39 is 0 Å². The number of anilines is 3. The lowest BCUT2D eigenvalue weighted by molar-refractivity contribution is 1.28. The molecule has 0 aliphatic carbocycles. The maximum absolute atomic E-state index is 3.80. The van der Waals surface area contributed by atoms with Gasteiger partial charge in [-0.2, -0.15) is 0 Å². The van der Waals surface area contributed by atoms with Crippen LogP contribution in [0.4, 0.5) is 17.1 Å². The third-order valence-electron chi connectivity index (χ3n) is 4.82. The number of benzene rings is 4. The Bertz CT molecular complexity index is 1040. The van der Waals surface area contributed by atoms with E-state index in [2.05, 4.69) is 121 Å². The standard InChI is InChI=1S/C28H23N/c1-2-23-13-15-24(16-14-23)17-18-25-19-21-28(22-20-25)29(26-9-5-3-6-10-26)27-11-7-4-8-12-27/h2-22H,1H2/b18-17+. The van der Waals surface area contributed by atoms with Crippen molar-refractivity contribution in [3.05, 3.63) is 132 Å². The van der Waals surface area contributed by atoms with E-state index in [1.165, 1.54) is 11.1 Å². The summed E-state index contributed by atoms with van der Waals surface area (Å²) in [6, 6.07) is 37.9. The number of hydrogen-bond acceptors (Lipinski definition) is 1. The lowest BCUT2D eigenvalue weighted by Gasteiger charge is -2.25. The van der Waals surface area contributed by atoms with Gasteiger partial charge in [0, 0.05) is 17.1 Å². The van der Waals surface area contributed by atoms with Crippen molar-refractivity contribution in [2.75, 3.05) is 4.90 Å². The summed E-state index contributed by atoms with van der Waals surface area (Å²) < 4.78 is 0. The third kappa shape index (κ3) is 4.53. The molecular formula is C28H23N. The van der Waals surface area contributed by atoms with E-state index in [0.29, 0.717) is 0 Å². The normalized spacial score (nSPS) is 10.8. The van der Waals surface area contributed by atoms with Crippen LogP contribution in [0.3, 0.4) is 0 Å². The molecule has 0 N–H and O–H groups in total. The molecule has 4 rings (SSSR count). The van der Waals surface area contributed by atoms with E-state index in [0.717, 1.165) is 22.6 Å². The highest BCUT2D eigenvalue weighted by Crippen LogP contribution is 2.34. The molecule has 0 atom stereocenters. The van der Waals surface area contributed by atoms with Crippen molar-refractivity contribution in [2.24, 2.45) is 0 Å². The average molecular weight is 373 g/mol. The largest absolute Gasteiger partial charge is 0.311 e. The number of rotatable bonds is 6. The summed E-state index contributed by atoms with van der Waals surface area (Å²) in [6.45, 7) is 3.80. The molecule has 1 nitrogen and oxygen atoms in total. The fourth-order valence-corrected chi connectivity index (χ4v) is 3.27. The first-order chi connectivity index (χ1) is 14.3. The van der Waals surface area contributed by atoms with Crippen LogP contribution < -0.4 is 4.90 Å². The molecule has 0 amide bonds. The molecule has 0 saturated carbocycles. The maximum atomic E-state index is 3.80. The molecule has 0 heterocycles. The first-order valence-corrected chi connectivity index (χ1v) is 9.74. The van der Waals surface area contributed by atoms with E-state index in [-0.39, 0.29) is 0 Å². The Hall–Kier alpha value is -3.84. The van der Waals surface area contributed by atoms with E-state index in [9.17, 15) is 0 Å². The van der Waals surface area contributed by atoms with Crippen LogP contribution in [0.1, 0.15) is 16.7 Å². The molecule has 0 aliphatic rings. The molecule has 29 heavy (non-hydrogen) atoms. The second kappa shape index (κ2) is 8.90. The molecule has 0 radical (unpaired) electrons. The Morgan fingerprint density at radius 3 is 1.28 bits per heavy atom. The lowest BCUT2D eigenvalue weighted by Crippen LogP contribution is -2.09. The van der Waals surface area contributed by atoms with Crippen LogP contribution >= 0.6 is 0 Å². The van der Waals surface area contributed by atoms with Crippen molar-refractivity contribution >= 4 is 35.3 Å². The minimum absolute atomic E-state index is 1.13. The van der Waals surface area contributed by atoms with Gasteiger partial charge in [-0.05, 0) is 53.1 Å². The fourth-order valence-electron chi connectivity index (χ4n) is 3.27. The zero-order valence-electron chi connectivity index (χ0n) is 16.3. The zero-order chi connectivity index (χ0) is 19.9. The highest BCUT2D eigenvalue weighted by atomic mass is 15.1. The highest BCUT2D eigenvalue weighted by molar-refractivity contribution is 5.78. The van der Waals surface area contributed by atoms with Gasteiger partial charge in [0.1, 0.15) is 0 Å². The Kier molecular flexibility index (Phi) is 5.68. The van der Waals surface area contributed by atoms with Gasteiger partial charge in [-0.15, -0.1) is 0 Å². The molecule has 4 aromatic rings. The molecule has 0 unspecified atom stereocenters. The van der Waals surface area contributed by atoms with Gasteiger partial charge in [-0.1, -0.05) is 97.6 Å². The lowest BCUT2D eigenvalue weighted by atomic mass is 10.1. The molecule has 4 aromatic carbocycles. The van der Waals surface area contributed by atoms with Crippen LogP contribution in [0.15, 0.2) is 116 Å². The van der Waals surface area contributed by atoms with Crippen molar-refractivity contribution in [1.82, 2.24) is 0 Å². The first-order valence-electron chi connectivity index (χ1n) is 9.74. The highest BCUT2D eigenvalue weighted by Gasteiger charge is 2.11. The maximum Gasteiger partial charge on any atom is 0.0462 e. The van der Waals surface area contributed by atoms with Gasteiger partial charge in [0.15, 0.2) is 0 Å². The average Bonchev–Trinajstić information content (AvgIpc) is 2.80. The van der Waals surface area contributed by atoms with Crippen LogP contribution in [0.5, 0.6) is 0 Å². The summed E-state index contributed by atoms with van der Waals surface area (Å²) in [5.74, 6) is 0. The quantitative estimate of drug-likeness (QED) is 0.310. The van der Waals surface area contributed by atoms with Gasteiger partial charge in [0.25, 0.3) is 0 Å². The minimum Gasteiger partial charge on any atom is -0.311 e. The summed E-state index contributed by atoms with van der Waals surface area (Å²) >= 11 is 0. The molecular weight excluding hydrogens is 350 g/mol. The van der Waals surface area contributed by atoms with Crippen molar-refractivity contribution in [2.45, 2.75) is 0 Å². The Morgan fingerprint density at radius 2 is 0.828 bits per heavy atom. The summed E-state index contributed by atoms with van der Waals surface area (Å²) in [5.41, 5.74) is 6.90. The van der Waals surface area contributed by atoms with Crippen molar-refractivity contribution in [3.63, 3.8) is 0 Å². The molecule has 1 heteroatoms. The van der Waals surface area contributed by atoms with Crippen LogP contribution in [0.2, 0.25) is 0 Å². The van der Waals surface area contributed by atoms with Crippen LogP contribution in [-0.4, -0.2) is 0 Å². The third-order valence-corrected chi connectivity index (χ3v) is 4.82. The minimum atomic E-state index is 1.13. The van der Waals surface area contributed by atoms with E-state index >= 15 is 0 Å². The topological polar surface area (TPSA) is 3.24 Å². The van der Waals surface area contributed by atoms with Crippen LogP contribution in [0.25, 0.3) is 18.2 Å². The molecule has 0 aliphatic heterocycles. The van der Waals surface area contributed by atoms with Gasteiger partial charge in [-0.3, -0.25) is 0 Å². The zero-order valence-corrected chi connectivity index (χ0v) is 16.3. The van der Waals surface area contributed by atoms with Gasteiger partial charge < -0.3 is 4.90 Å². The predicted octanol–water partition coefficient (Wildman–Crippen LogP) is 7.97. The summed E-state index contributed by atoms with van der Waals surface area (Å²) in [6.07, 6.45) is 6.13. The summed E-state index contributed by atoms with van der Waals surface area (Å²) in [5, 5.41) is 0. The van der Waals surface area contributed by atoms with Crippen LogP contribution in [-0.2, 0) is 0 Å². The molecule has 0 aromatic heterocycles. The molecule has 0 saturated heterocycles. The second-order valence-electron chi connectivity index (χ2n) is 6.80. The number of hydrogen-bond donors (Lipinski definition) is 0. The summed E-state index contributed by atoms with van der Waals surface area (Å²) in [4.78, 5) is 2.27. The van der Waals surface area contributed by atoms with Gasteiger partial charge in [0.05, 0.1) is 0 Å². The van der Waals surface area contributed by atoms with E-state index in [1.807, 2.05) is 18.2 Å². The molecule has 0 fully saturated rings. The molecule has 140 valence electrons. The van der Waals surface area contributed by atoms with Crippen molar-refractivity contribution < 1.29 is 0 Å². The SMILES string of the molecule is C=Cc1ccc(/C=C/c2ccc(N(c3ccccc3)c3ccccc3)cc2)cc1. The Morgan fingerprint density at radius 1 is 0.448 bits per heavy atom. The monoisotopic (exact) mass is 373 g/mol. The molecule has 0 bridgehead atoms. The van der Waals surface area contributed by atoms with Gasteiger partial charge in [0.2, 0.25) is 0 Å².